The van der Waals surface area contributed by atoms with Crippen LogP contribution in [0.25, 0.3) is 187 Å². The molecule has 0 atom stereocenters. The Balaban J connectivity index is 0.000000116. The third-order valence-electron chi connectivity index (χ3n) is 20.6. The highest BCUT2D eigenvalue weighted by atomic mass is 79.9. The fraction of sp³-hybridized carbons (Fsp3) is 0. The van der Waals surface area contributed by atoms with Gasteiger partial charge in [0, 0.05) is 117 Å². The van der Waals surface area contributed by atoms with Crippen LogP contribution in [0.5, 0.6) is 0 Å². The van der Waals surface area contributed by atoms with Gasteiger partial charge < -0.3 is 37.2 Å². The molecule has 12 aromatic carbocycles. The van der Waals surface area contributed by atoms with Crippen molar-refractivity contribution < 1.29 is 18.9 Å². The van der Waals surface area contributed by atoms with Crippen LogP contribution in [0.1, 0.15) is 0 Å². The van der Waals surface area contributed by atoms with Crippen LogP contribution in [-0.4, -0.2) is 55.4 Å². The van der Waals surface area contributed by atoms with Gasteiger partial charge in [0.2, 0.25) is 0 Å². The molecule has 0 saturated carbocycles. The predicted octanol–water partition coefficient (Wildman–Crippen LogP) is 22.3. The first-order valence-corrected chi connectivity index (χ1v) is 35.8. The molecule has 14 heteroatoms. The monoisotopic (exact) mass is 1430 g/mol. The van der Waals surface area contributed by atoms with Crippen LogP contribution < -0.4 is 5.46 Å². The molecule has 10 aromatic heterocycles. The zero-order valence-electron chi connectivity index (χ0n) is 56.6. The lowest BCUT2D eigenvalue weighted by atomic mass is 9.80. The van der Waals surface area contributed by atoms with Crippen molar-refractivity contribution in [2.75, 3.05) is 0 Å². The molecule has 22 aromatic rings. The Morgan fingerprint density at radius 3 is 0.887 bits per heavy atom. The summed E-state index contributed by atoms with van der Waals surface area (Å²) in [6, 6.07) is 101. The summed E-state index contributed by atoms with van der Waals surface area (Å²) in [5.74, 6) is 0. The van der Waals surface area contributed by atoms with Crippen molar-refractivity contribution in [3.8, 4) is 56.1 Å². The Bertz CT molecular complexity index is 6750. The first-order valence-electron chi connectivity index (χ1n) is 35.0. The molecular formula is C92H58BBrN8O4. The number of rotatable bonds is 8. The van der Waals surface area contributed by atoms with E-state index >= 15 is 0 Å². The van der Waals surface area contributed by atoms with Gasteiger partial charge >= 0.3 is 7.12 Å². The number of para-hydroxylation sites is 6. The molecule has 0 aliphatic carbocycles. The lowest BCUT2D eigenvalue weighted by molar-refractivity contribution is 0.426. The van der Waals surface area contributed by atoms with Gasteiger partial charge in [0.1, 0.15) is 22.3 Å². The SMILES string of the molecule is Brc1cc(-n2c3ccccc3c3ccncc32)cc(-n2c3ccccc3c3ccncc32)c1.OB(O)c1ccc(-c2ccc3oc4ccccc4c3c2)cc1.c1ccc2c(c1)oc1ccc(-c3ccc(-c4cc(-n5c6ccccc6c6ccncc65)cc(-n5c6ccccc6c6ccncc65)c4)cc3)cc12. The molecule has 10 heterocycles. The zero-order chi connectivity index (χ0) is 70.5. The van der Waals surface area contributed by atoms with Crippen LogP contribution in [-0.2, 0) is 0 Å². The Labute approximate surface area is 614 Å². The molecule has 0 amide bonds. The molecule has 0 unspecified atom stereocenters. The van der Waals surface area contributed by atoms with Crippen LogP contribution in [0.4, 0.5) is 0 Å². The lowest BCUT2D eigenvalue weighted by Crippen LogP contribution is -2.29. The summed E-state index contributed by atoms with van der Waals surface area (Å²) in [5.41, 5.74) is 23.9. The van der Waals surface area contributed by atoms with Crippen molar-refractivity contribution in [1.29, 1.82) is 0 Å². The van der Waals surface area contributed by atoms with E-state index in [1.807, 2.05) is 104 Å². The number of nitrogens with zero attached hydrogens (tertiary/aromatic N) is 8. The number of benzene rings is 12. The van der Waals surface area contributed by atoms with E-state index < -0.39 is 7.12 Å². The van der Waals surface area contributed by atoms with Gasteiger partial charge in [-0.3, -0.25) is 19.9 Å². The summed E-state index contributed by atoms with van der Waals surface area (Å²) in [4.78, 5) is 18.0. The van der Waals surface area contributed by atoms with E-state index in [1.54, 1.807) is 12.1 Å². The third-order valence-corrected chi connectivity index (χ3v) is 21.0. The van der Waals surface area contributed by atoms with Crippen molar-refractivity contribution in [3.63, 3.8) is 0 Å². The normalized spacial score (nSPS) is 11.7. The van der Waals surface area contributed by atoms with Gasteiger partial charge in [-0.1, -0.05) is 186 Å². The number of fused-ring (bicyclic) bond motifs is 18. The number of hydrogen-bond acceptors (Lipinski definition) is 8. The highest BCUT2D eigenvalue weighted by Crippen LogP contribution is 2.42. The fourth-order valence-corrected chi connectivity index (χ4v) is 16.2. The standard InChI is InChI=1S/C46H28N4O.C28H17BrN4.C18H13BO3/c1-4-10-41-35(7-1)37-19-21-47-27-43(37)49(41)33-23-32(24-34(26-33)50-42-11-5-2-8-36(42)38-20-22-48-28-44(38)50)30-15-13-29(14-16-30)31-17-18-46-40(25-31)39-9-3-6-12-45(39)51-46;29-18-13-19(32-25-7-3-1-5-21(25)23-9-11-30-16-27(23)32)15-20(14-18)33-26-8-4-2-6-22(26)24-10-12-31-17-28(24)33;20-19(21)14-8-5-12(6-9-14)13-7-10-18-16(11-13)15-3-1-2-4-17(15)22-18/h1-28H;1-17H;1-11,20-21H. The Morgan fingerprint density at radius 2 is 0.528 bits per heavy atom. The van der Waals surface area contributed by atoms with Crippen molar-refractivity contribution in [1.82, 2.24) is 38.2 Å². The van der Waals surface area contributed by atoms with Crippen molar-refractivity contribution in [2.24, 2.45) is 0 Å². The van der Waals surface area contributed by atoms with E-state index in [0.717, 1.165) is 149 Å². The molecule has 0 radical (unpaired) electrons. The second-order valence-corrected chi connectivity index (χ2v) is 27.5. The smallest absolute Gasteiger partial charge is 0.456 e. The second kappa shape index (κ2) is 25.5. The van der Waals surface area contributed by atoms with Crippen molar-refractivity contribution in [3.05, 3.63) is 345 Å². The second-order valence-electron chi connectivity index (χ2n) is 26.6. The molecule has 106 heavy (non-hydrogen) atoms. The summed E-state index contributed by atoms with van der Waals surface area (Å²) in [6.45, 7) is 0. The topological polar surface area (TPSA) is 138 Å². The van der Waals surface area contributed by atoms with Gasteiger partial charge in [-0.2, -0.15) is 0 Å². The largest absolute Gasteiger partial charge is 0.488 e. The summed E-state index contributed by atoms with van der Waals surface area (Å²) in [6.07, 6.45) is 15.3. The summed E-state index contributed by atoms with van der Waals surface area (Å²) < 4.78 is 22.2. The minimum atomic E-state index is -1.44. The van der Waals surface area contributed by atoms with Crippen LogP contribution in [0.15, 0.2) is 354 Å². The first-order chi connectivity index (χ1) is 52.3. The Kier molecular flexibility index (Phi) is 15.0. The number of aromatic nitrogens is 8. The van der Waals surface area contributed by atoms with E-state index in [0.29, 0.717) is 5.46 Å². The minimum Gasteiger partial charge on any atom is -0.456 e. The average Bonchev–Trinajstić information content (AvgIpc) is 1.56. The highest BCUT2D eigenvalue weighted by Gasteiger charge is 2.21. The van der Waals surface area contributed by atoms with Crippen LogP contribution in [0.2, 0.25) is 0 Å². The Hall–Kier alpha value is -13.5. The predicted molar refractivity (Wildman–Crippen MR) is 436 cm³/mol. The van der Waals surface area contributed by atoms with Gasteiger partial charge in [-0.15, -0.1) is 0 Å². The van der Waals surface area contributed by atoms with Crippen LogP contribution >= 0.6 is 15.9 Å². The molecule has 0 spiro atoms. The van der Waals surface area contributed by atoms with Crippen molar-refractivity contribution >= 4 is 160 Å². The molecule has 0 bridgehead atoms. The maximum atomic E-state index is 9.16. The van der Waals surface area contributed by atoms with Gasteiger partial charge in [0.15, 0.2) is 0 Å². The van der Waals surface area contributed by atoms with E-state index in [4.69, 9.17) is 18.9 Å². The van der Waals surface area contributed by atoms with Gasteiger partial charge in [0.25, 0.3) is 0 Å². The molecule has 0 aliphatic heterocycles. The fourth-order valence-electron chi connectivity index (χ4n) is 15.7. The van der Waals surface area contributed by atoms with E-state index in [-0.39, 0.29) is 0 Å². The van der Waals surface area contributed by atoms with Gasteiger partial charge in [-0.25, -0.2) is 0 Å². The quantitative estimate of drug-likeness (QED) is 0.143. The Morgan fingerprint density at radius 1 is 0.245 bits per heavy atom. The molecule has 2 N–H and O–H groups in total. The van der Waals surface area contributed by atoms with Gasteiger partial charge in [0.05, 0.1) is 68.9 Å². The van der Waals surface area contributed by atoms with Crippen LogP contribution in [0.3, 0.4) is 0 Å². The molecule has 12 nitrogen and oxygen atoms in total. The molecule has 0 saturated heterocycles. The molecule has 0 fully saturated rings. The maximum Gasteiger partial charge on any atom is 0.488 e. The number of pyridine rings is 4. The molecule has 0 aliphatic rings. The number of halogens is 1. The van der Waals surface area contributed by atoms with E-state index in [2.05, 4.69) is 279 Å². The molecule has 500 valence electrons. The summed E-state index contributed by atoms with van der Waals surface area (Å²) in [5, 5.41) is 32.4. The highest BCUT2D eigenvalue weighted by molar-refractivity contribution is 9.10. The lowest BCUT2D eigenvalue weighted by Gasteiger charge is -2.16. The first kappa shape index (κ1) is 62.3. The van der Waals surface area contributed by atoms with Gasteiger partial charge in [-0.05, 0) is 160 Å². The van der Waals surface area contributed by atoms with E-state index in [9.17, 15) is 0 Å². The maximum absolute atomic E-state index is 9.16. The minimum absolute atomic E-state index is 0.485. The van der Waals surface area contributed by atoms with E-state index in [1.165, 1.54) is 43.1 Å². The summed E-state index contributed by atoms with van der Waals surface area (Å²) >= 11 is 3.78. The zero-order valence-corrected chi connectivity index (χ0v) is 58.2. The van der Waals surface area contributed by atoms with Crippen LogP contribution in [0, 0.1) is 0 Å². The summed E-state index contributed by atoms with van der Waals surface area (Å²) in [7, 11) is -1.44. The average molecular weight is 1430 g/mol. The number of hydrogen-bond donors (Lipinski definition) is 2. The number of furan rings is 2. The molecular weight excluding hydrogens is 1370 g/mol. The van der Waals surface area contributed by atoms with Crippen molar-refractivity contribution in [2.45, 2.75) is 0 Å². The third kappa shape index (κ3) is 10.5. The molecule has 22 rings (SSSR count).